The zero-order chi connectivity index (χ0) is 16.1. The molecule has 0 amide bonds. The SMILES string of the molecule is Fc1ccc(NC(=S)N[C@@H]2CC[NH+](Cc3ccccc3)C2)cc1. The normalized spacial score (nSPS) is 20.2. The number of quaternary nitrogens is 1. The first-order valence-electron chi connectivity index (χ1n) is 7.89. The second-order valence-electron chi connectivity index (χ2n) is 5.96. The van der Waals surface area contributed by atoms with Crippen molar-refractivity contribution < 1.29 is 9.29 Å². The lowest BCUT2D eigenvalue weighted by Gasteiger charge is -2.16. The third kappa shape index (κ3) is 4.74. The lowest BCUT2D eigenvalue weighted by molar-refractivity contribution is -0.901. The van der Waals surface area contributed by atoms with E-state index in [0.717, 1.165) is 31.7 Å². The van der Waals surface area contributed by atoms with Crippen molar-refractivity contribution in [3.63, 3.8) is 0 Å². The molecule has 1 saturated heterocycles. The van der Waals surface area contributed by atoms with Gasteiger partial charge in [-0.2, -0.15) is 0 Å². The number of hydrogen-bond acceptors (Lipinski definition) is 1. The molecule has 23 heavy (non-hydrogen) atoms. The van der Waals surface area contributed by atoms with E-state index >= 15 is 0 Å². The molecule has 0 aromatic heterocycles. The predicted molar refractivity (Wildman–Crippen MR) is 95.0 cm³/mol. The summed E-state index contributed by atoms with van der Waals surface area (Å²) >= 11 is 5.35. The number of likely N-dealkylation sites (tertiary alicyclic amines) is 1. The molecule has 3 nitrogen and oxygen atoms in total. The van der Waals surface area contributed by atoms with Gasteiger partial charge in [0, 0.05) is 17.7 Å². The highest BCUT2D eigenvalue weighted by atomic mass is 32.1. The first-order valence-corrected chi connectivity index (χ1v) is 8.30. The highest BCUT2D eigenvalue weighted by Crippen LogP contribution is 2.08. The number of nitrogens with one attached hydrogen (secondary N) is 3. The van der Waals surface area contributed by atoms with Crippen LogP contribution in [0, 0.1) is 5.82 Å². The Morgan fingerprint density at radius 2 is 1.87 bits per heavy atom. The summed E-state index contributed by atoms with van der Waals surface area (Å²) < 4.78 is 12.9. The van der Waals surface area contributed by atoms with Gasteiger partial charge >= 0.3 is 0 Å². The minimum absolute atomic E-state index is 0.245. The van der Waals surface area contributed by atoms with Gasteiger partial charge in [0.25, 0.3) is 0 Å². The fraction of sp³-hybridized carbons (Fsp3) is 0.278. The minimum atomic E-state index is -0.245. The highest BCUT2D eigenvalue weighted by Gasteiger charge is 2.26. The molecule has 2 atom stereocenters. The number of halogens is 1. The van der Waals surface area contributed by atoms with Crippen molar-refractivity contribution in [2.75, 3.05) is 18.4 Å². The second kappa shape index (κ2) is 7.53. The van der Waals surface area contributed by atoms with Crippen LogP contribution in [0.4, 0.5) is 10.1 Å². The van der Waals surface area contributed by atoms with E-state index in [9.17, 15) is 4.39 Å². The van der Waals surface area contributed by atoms with Crippen LogP contribution in [0.2, 0.25) is 0 Å². The molecule has 3 N–H and O–H groups in total. The van der Waals surface area contributed by atoms with E-state index in [2.05, 4.69) is 34.9 Å². The molecule has 5 heteroatoms. The summed E-state index contributed by atoms with van der Waals surface area (Å²) in [4.78, 5) is 1.57. The van der Waals surface area contributed by atoms with Crippen molar-refractivity contribution in [3.05, 3.63) is 66.0 Å². The van der Waals surface area contributed by atoms with E-state index in [1.807, 2.05) is 6.07 Å². The van der Waals surface area contributed by atoms with Crippen LogP contribution in [0.15, 0.2) is 54.6 Å². The summed E-state index contributed by atoms with van der Waals surface area (Å²) in [7, 11) is 0. The maximum Gasteiger partial charge on any atom is 0.171 e. The molecule has 0 radical (unpaired) electrons. The van der Waals surface area contributed by atoms with Gasteiger partial charge in [-0.05, 0) is 36.5 Å². The van der Waals surface area contributed by atoms with Gasteiger partial charge in [0.05, 0.1) is 19.1 Å². The van der Waals surface area contributed by atoms with Gasteiger partial charge in [0.15, 0.2) is 5.11 Å². The summed E-state index contributed by atoms with van der Waals surface area (Å²) in [6, 6.07) is 17.2. The summed E-state index contributed by atoms with van der Waals surface area (Å²) in [5.74, 6) is -0.245. The molecular weight excluding hydrogens is 309 g/mol. The lowest BCUT2D eigenvalue weighted by atomic mass is 10.2. The van der Waals surface area contributed by atoms with Gasteiger partial charge in [-0.1, -0.05) is 30.3 Å². The van der Waals surface area contributed by atoms with Crippen LogP contribution >= 0.6 is 12.2 Å². The van der Waals surface area contributed by atoms with Crippen LogP contribution < -0.4 is 15.5 Å². The molecule has 1 unspecified atom stereocenters. The molecular formula is C18H21FN3S+. The standard InChI is InChI=1S/C18H20FN3S/c19-15-6-8-16(9-7-15)20-18(23)21-17-10-11-22(13-17)12-14-4-2-1-3-5-14/h1-9,17H,10-13H2,(H2,20,21,23)/p+1/t17-/m1/s1. The fourth-order valence-electron chi connectivity index (χ4n) is 2.99. The quantitative estimate of drug-likeness (QED) is 0.749. The Kier molecular flexibility index (Phi) is 5.20. The average Bonchev–Trinajstić information content (AvgIpc) is 2.97. The zero-order valence-electron chi connectivity index (χ0n) is 12.9. The number of rotatable bonds is 4. The van der Waals surface area contributed by atoms with E-state index in [1.165, 1.54) is 17.7 Å². The molecule has 0 spiro atoms. The molecule has 1 aliphatic heterocycles. The van der Waals surface area contributed by atoms with Crippen molar-refractivity contribution in [2.24, 2.45) is 0 Å². The van der Waals surface area contributed by atoms with Crippen LogP contribution in [0.3, 0.4) is 0 Å². The zero-order valence-corrected chi connectivity index (χ0v) is 13.7. The smallest absolute Gasteiger partial charge is 0.171 e. The highest BCUT2D eigenvalue weighted by molar-refractivity contribution is 7.80. The molecule has 3 rings (SSSR count). The molecule has 1 fully saturated rings. The Labute approximate surface area is 141 Å². The number of benzene rings is 2. The van der Waals surface area contributed by atoms with E-state index in [-0.39, 0.29) is 5.82 Å². The van der Waals surface area contributed by atoms with Crippen molar-refractivity contribution in [1.29, 1.82) is 0 Å². The van der Waals surface area contributed by atoms with Gasteiger partial charge in [0.1, 0.15) is 12.4 Å². The third-order valence-corrected chi connectivity index (χ3v) is 4.34. The lowest BCUT2D eigenvalue weighted by Crippen LogP contribution is -3.09. The summed E-state index contributed by atoms with van der Waals surface area (Å²) in [6.45, 7) is 3.25. The number of anilines is 1. The molecule has 120 valence electrons. The molecule has 2 aromatic rings. The minimum Gasteiger partial charge on any atom is -0.354 e. The molecule has 1 aliphatic rings. The van der Waals surface area contributed by atoms with Gasteiger partial charge in [-0.15, -0.1) is 0 Å². The van der Waals surface area contributed by atoms with Crippen molar-refractivity contribution in [1.82, 2.24) is 5.32 Å². The Hall–Kier alpha value is -1.98. The summed E-state index contributed by atoms with van der Waals surface area (Å²) in [6.07, 6.45) is 1.10. The Morgan fingerprint density at radius 3 is 2.61 bits per heavy atom. The molecule has 0 saturated carbocycles. The van der Waals surface area contributed by atoms with E-state index < -0.39 is 0 Å². The number of thiocarbonyl (C=S) groups is 1. The average molecular weight is 330 g/mol. The van der Waals surface area contributed by atoms with Gasteiger partial charge in [-0.3, -0.25) is 0 Å². The van der Waals surface area contributed by atoms with Crippen LogP contribution in [0.5, 0.6) is 0 Å². The predicted octanol–water partition coefficient (Wildman–Crippen LogP) is 1.97. The first-order chi connectivity index (χ1) is 11.2. The summed E-state index contributed by atoms with van der Waals surface area (Å²) in [5, 5.41) is 7.07. The van der Waals surface area contributed by atoms with Gasteiger partial charge in [0.2, 0.25) is 0 Å². The maximum atomic E-state index is 12.9. The topological polar surface area (TPSA) is 28.5 Å². The molecule has 0 aliphatic carbocycles. The van der Waals surface area contributed by atoms with Crippen LogP contribution in [-0.2, 0) is 6.54 Å². The van der Waals surface area contributed by atoms with Crippen LogP contribution in [0.1, 0.15) is 12.0 Å². The molecule has 2 aromatic carbocycles. The Bertz CT molecular complexity index is 645. The van der Waals surface area contributed by atoms with Crippen molar-refractivity contribution in [3.8, 4) is 0 Å². The summed E-state index contributed by atoms with van der Waals surface area (Å²) in [5.41, 5.74) is 2.17. The van der Waals surface area contributed by atoms with Crippen LogP contribution in [-0.4, -0.2) is 24.2 Å². The monoisotopic (exact) mass is 330 g/mol. The van der Waals surface area contributed by atoms with Crippen LogP contribution in [0.25, 0.3) is 0 Å². The van der Waals surface area contributed by atoms with Crippen molar-refractivity contribution >= 4 is 23.0 Å². The first kappa shape index (κ1) is 15.9. The molecule has 0 bridgehead atoms. The maximum absolute atomic E-state index is 12.9. The third-order valence-electron chi connectivity index (χ3n) is 4.12. The van der Waals surface area contributed by atoms with Gasteiger partial charge < -0.3 is 15.5 Å². The van der Waals surface area contributed by atoms with E-state index in [4.69, 9.17) is 12.2 Å². The van der Waals surface area contributed by atoms with Gasteiger partial charge in [-0.25, -0.2) is 4.39 Å². The Balaban J connectivity index is 1.46. The largest absolute Gasteiger partial charge is 0.354 e. The molecule has 1 heterocycles. The van der Waals surface area contributed by atoms with Crippen molar-refractivity contribution in [2.45, 2.75) is 19.0 Å². The number of hydrogen-bond donors (Lipinski definition) is 3. The van der Waals surface area contributed by atoms with E-state index in [1.54, 1.807) is 17.0 Å². The second-order valence-corrected chi connectivity index (χ2v) is 6.37. The fourth-order valence-corrected chi connectivity index (χ4v) is 3.27. The Morgan fingerprint density at radius 1 is 1.13 bits per heavy atom. The van der Waals surface area contributed by atoms with E-state index in [0.29, 0.717) is 11.2 Å².